The highest BCUT2D eigenvalue weighted by atomic mass is 35.5. The van der Waals surface area contributed by atoms with Gasteiger partial charge in [0.2, 0.25) is 0 Å². The van der Waals surface area contributed by atoms with Crippen molar-refractivity contribution >= 4 is 23.0 Å². The van der Waals surface area contributed by atoms with Crippen LogP contribution in [-0.4, -0.2) is 4.92 Å². The summed E-state index contributed by atoms with van der Waals surface area (Å²) in [5.41, 5.74) is -0.255. The first kappa shape index (κ1) is 15.2. The van der Waals surface area contributed by atoms with E-state index in [-0.39, 0.29) is 0 Å². The third kappa shape index (κ3) is 3.46. The molecule has 0 aliphatic carbocycles. The van der Waals surface area contributed by atoms with Gasteiger partial charge in [0.25, 0.3) is 5.69 Å². The molecule has 110 valence electrons. The van der Waals surface area contributed by atoms with Crippen molar-refractivity contribution < 1.29 is 13.7 Å². The third-order valence-electron chi connectivity index (χ3n) is 2.97. The second-order valence-electron chi connectivity index (χ2n) is 4.46. The minimum atomic E-state index is -1.01. The summed E-state index contributed by atoms with van der Waals surface area (Å²) in [6, 6.07) is 7.74. The van der Waals surface area contributed by atoms with E-state index in [1.54, 1.807) is 31.2 Å². The molecule has 0 spiro atoms. The number of hydrogen-bond donors (Lipinski definition) is 1. The molecule has 2 aromatic carbocycles. The van der Waals surface area contributed by atoms with Crippen LogP contribution in [0.15, 0.2) is 36.4 Å². The van der Waals surface area contributed by atoms with E-state index in [2.05, 4.69) is 5.32 Å². The highest BCUT2D eigenvalue weighted by Gasteiger charge is 2.18. The number of nitrogens with zero attached hydrogens (tertiary/aromatic N) is 1. The molecule has 1 unspecified atom stereocenters. The average molecular weight is 313 g/mol. The lowest BCUT2D eigenvalue weighted by molar-refractivity contribution is -0.385. The van der Waals surface area contributed by atoms with Crippen molar-refractivity contribution in [3.63, 3.8) is 0 Å². The van der Waals surface area contributed by atoms with Crippen molar-refractivity contribution in [3.05, 3.63) is 68.7 Å². The SMILES string of the molecule is CC(Nc1c(F)cc([N+](=O)[O-])cc1F)c1ccc(Cl)cc1. The Morgan fingerprint density at radius 3 is 2.19 bits per heavy atom. The van der Waals surface area contributed by atoms with Crippen LogP contribution < -0.4 is 5.32 Å². The Morgan fingerprint density at radius 1 is 1.19 bits per heavy atom. The summed E-state index contributed by atoms with van der Waals surface area (Å²) in [6.07, 6.45) is 0. The van der Waals surface area contributed by atoms with E-state index in [1.165, 1.54) is 0 Å². The molecule has 0 aliphatic rings. The molecular weight excluding hydrogens is 302 g/mol. The quantitative estimate of drug-likeness (QED) is 0.657. The molecule has 0 amide bonds. The Hall–Kier alpha value is -2.21. The lowest BCUT2D eigenvalue weighted by Crippen LogP contribution is -2.10. The van der Waals surface area contributed by atoms with Crippen molar-refractivity contribution in [3.8, 4) is 0 Å². The zero-order valence-corrected chi connectivity index (χ0v) is 11.7. The second-order valence-corrected chi connectivity index (χ2v) is 4.90. The summed E-state index contributed by atoms with van der Waals surface area (Å²) in [7, 11) is 0. The van der Waals surface area contributed by atoms with E-state index >= 15 is 0 Å². The molecule has 1 atom stereocenters. The zero-order chi connectivity index (χ0) is 15.6. The fourth-order valence-electron chi connectivity index (χ4n) is 1.85. The molecule has 2 aromatic rings. The van der Waals surface area contributed by atoms with E-state index in [0.717, 1.165) is 5.56 Å². The minimum absolute atomic E-state index is 0.396. The Balaban J connectivity index is 2.27. The van der Waals surface area contributed by atoms with Gasteiger partial charge in [-0.3, -0.25) is 10.1 Å². The second kappa shape index (κ2) is 6.05. The third-order valence-corrected chi connectivity index (χ3v) is 3.22. The van der Waals surface area contributed by atoms with E-state index in [4.69, 9.17) is 11.6 Å². The van der Waals surface area contributed by atoms with Gasteiger partial charge in [-0.05, 0) is 24.6 Å². The Kier molecular flexibility index (Phi) is 4.37. The minimum Gasteiger partial charge on any atom is -0.374 e. The molecule has 4 nitrogen and oxygen atoms in total. The first-order valence-corrected chi connectivity index (χ1v) is 6.41. The van der Waals surface area contributed by atoms with Crippen LogP contribution in [0.3, 0.4) is 0 Å². The molecule has 0 fully saturated rings. The summed E-state index contributed by atoms with van der Waals surface area (Å²) in [6.45, 7) is 1.71. The van der Waals surface area contributed by atoms with Crippen molar-refractivity contribution in [1.29, 1.82) is 0 Å². The van der Waals surface area contributed by atoms with Crippen molar-refractivity contribution in [2.75, 3.05) is 5.32 Å². The number of nitro benzene ring substituents is 1. The molecule has 2 rings (SSSR count). The van der Waals surface area contributed by atoms with E-state index < -0.39 is 34.0 Å². The van der Waals surface area contributed by atoms with Crippen LogP contribution in [0.1, 0.15) is 18.5 Å². The van der Waals surface area contributed by atoms with Gasteiger partial charge in [0.1, 0.15) is 5.69 Å². The van der Waals surface area contributed by atoms with Gasteiger partial charge in [-0.25, -0.2) is 8.78 Å². The zero-order valence-electron chi connectivity index (χ0n) is 10.9. The van der Waals surface area contributed by atoms with Crippen LogP contribution in [0.2, 0.25) is 5.02 Å². The summed E-state index contributed by atoms with van der Waals surface area (Å²) in [4.78, 5) is 9.68. The van der Waals surface area contributed by atoms with Gasteiger partial charge in [0, 0.05) is 11.1 Å². The van der Waals surface area contributed by atoms with Gasteiger partial charge >= 0.3 is 0 Å². The predicted octanol–water partition coefficient (Wildman–Crippen LogP) is 4.70. The average Bonchev–Trinajstić information content (AvgIpc) is 2.43. The van der Waals surface area contributed by atoms with Crippen LogP contribution in [0, 0.1) is 21.7 Å². The first-order chi connectivity index (χ1) is 9.88. The van der Waals surface area contributed by atoms with Crippen molar-refractivity contribution in [1.82, 2.24) is 0 Å². The molecule has 0 radical (unpaired) electrons. The largest absolute Gasteiger partial charge is 0.374 e. The lowest BCUT2D eigenvalue weighted by atomic mass is 10.1. The monoisotopic (exact) mass is 312 g/mol. The summed E-state index contributed by atoms with van der Waals surface area (Å²) < 4.78 is 27.6. The Morgan fingerprint density at radius 2 is 1.71 bits per heavy atom. The fourth-order valence-corrected chi connectivity index (χ4v) is 1.98. The van der Waals surface area contributed by atoms with Crippen LogP contribution in [0.25, 0.3) is 0 Å². The van der Waals surface area contributed by atoms with E-state index in [1.807, 2.05) is 0 Å². The van der Waals surface area contributed by atoms with Gasteiger partial charge in [-0.1, -0.05) is 23.7 Å². The Bertz CT molecular complexity index is 654. The van der Waals surface area contributed by atoms with Crippen LogP contribution >= 0.6 is 11.6 Å². The number of benzene rings is 2. The van der Waals surface area contributed by atoms with Gasteiger partial charge in [0.05, 0.1) is 17.1 Å². The van der Waals surface area contributed by atoms with Gasteiger partial charge in [-0.2, -0.15) is 0 Å². The number of nitro groups is 1. The summed E-state index contributed by atoms with van der Waals surface area (Å²) in [5.74, 6) is -2.02. The number of nitrogens with one attached hydrogen (secondary N) is 1. The van der Waals surface area contributed by atoms with Crippen LogP contribution in [0.4, 0.5) is 20.2 Å². The molecule has 0 bridgehead atoms. The topological polar surface area (TPSA) is 55.2 Å². The molecule has 0 aromatic heterocycles. The standard InChI is InChI=1S/C14H11ClF2N2O2/c1-8(9-2-4-10(15)5-3-9)18-14-12(16)6-11(19(20)21)7-13(14)17/h2-8,18H,1H3. The predicted molar refractivity (Wildman–Crippen MR) is 76.5 cm³/mol. The highest BCUT2D eigenvalue weighted by Crippen LogP contribution is 2.28. The maximum absolute atomic E-state index is 13.8. The van der Waals surface area contributed by atoms with E-state index in [9.17, 15) is 18.9 Å². The maximum atomic E-state index is 13.8. The smallest absolute Gasteiger partial charge is 0.275 e. The van der Waals surface area contributed by atoms with Gasteiger partial charge < -0.3 is 5.32 Å². The molecule has 0 saturated carbocycles. The molecule has 0 heterocycles. The molecule has 21 heavy (non-hydrogen) atoms. The van der Waals surface area contributed by atoms with Crippen molar-refractivity contribution in [2.24, 2.45) is 0 Å². The number of hydrogen-bond acceptors (Lipinski definition) is 3. The number of halogens is 3. The number of anilines is 1. The highest BCUT2D eigenvalue weighted by molar-refractivity contribution is 6.30. The molecule has 1 N–H and O–H groups in total. The summed E-state index contributed by atoms with van der Waals surface area (Å²) >= 11 is 5.77. The van der Waals surface area contributed by atoms with E-state index in [0.29, 0.717) is 17.2 Å². The Labute approximate surface area is 124 Å². The first-order valence-electron chi connectivity index (χ1n) is 6.04. The number of rotatable bonds is 4. The molecule has 7 heteroatoms. The normalized spacial score (nSPS) is 12.0. The lowest BCUT2D eigenvalue weighted by Gasteiger charge is -2.16. The van der Waals surface area contributed by atoms with Crippen LogP contribution in [-0.2, 0) is 0 Å². The van der Waals surface area contributed by atoms with Crippen LogP contribution in [0.5, 0.6) is 0 Å². The fraction of sp³-hybridized carbons (Fsp3) is 0.143. The van der Waals surface area contributed by atoms with Crippen molar-refractivity contribution in [2.45, 2.75) is 13.0 Å². The molecule has 0 saturated heterocycles. The van der Waals surface area contributed by atoms with Gasteiger partial charge in [-0.15, -0.1) is 0 Å². The molecular formula is C14H11ClF2N2O2. The molecule has 0 aliphatic heterocycles. The van der Waals surface area contributed by atoms with Gasteiger partial charge in [0.15, 0.2) is 11.6 Å². The number of non-ortho nitro benzene ring substituents is 1. The summed E-state index contributed by atoms with van der Waals surface area (Å²) in [5, 5.41) is 13.8. The maximum Gasteiger partial charge on any atom is 0.275 e.